The summed E-state index contributed by atoms with van der Waals surface area (Å²) in [7, 11) is 4.05. The highest BCUT2D eigenvalue weighted by Crippen LogP contribution is 2.09. The fourth-order valence-corrected chi connectivity index (χ4v) is 2.02. The SMILES string of the molecule is CC(C)CC(CNC(=O)c1cccc(Cl)n1)N(C)C. The largest absolute Gasteiger partial charge is 0.349 e. The number of hydrogen-bond donors (Lipinski definition) is 1. The maximum Gasteiger partial charge on any atom is 0.269 e. The molecule has 0 saturated carbocycles. The Morgan fingerprint density at radius 2 is 2.11 bits per heavy atom. The van der Waals surface area contributed by atoms with Gasteiger partial charge in [-0.05, 0) is 38.6 Å². The highest BCUT2D eigenvalue weighted by Gasteiger charge is 2.15. The quantitative estimate of drug-likeness (QED) is 0.816. The van der Waals surface area contributed by atoms with Crippen LogP contribution in [-0.4, -0.2) is 42.5 Å². The number of halogens is 1. The minimum atomic E-state index is -0.182. The first-order valence-corrected chi connectivity index (χ1v) is 6.85. The molecule has 0 aliphatic carbocycles. The monoisotopic (exact) mass is 283 g/mol. The Labute approximate surface area is 120 Å². The van der Waals surface area contributed by atoms with Crippen molar-refractivity contribution < 1.29 is 4.79 Å². The molecule has 0 bridgehead atoms. The van der Waals surface area contributed by atoms with Crippen LogP contribution in [0.4, 0.5) is 0 Å². The Morgan fingerprint density at radius 1 is 1.42 bits per heavy atom. The second-order valence-electron chi connectivity index (χ2n) is 5.30. The van der Waals surface area contributed by atoms with Crippen molar-refractivity contribution in [2.45, 2.75) is 26.3 Å². The fraction of sp³-hybridized carbons (Fsp3) is 0.571. The van der Waals surface area contributed by atoms with Gasteiger partial charge in [0.2, 0.25) is 0 Å². The highest BCUT2D eigenvalue weighted by atomic mass is 35.5. The van der Waals surface area contributed by atoms with Crippen molar-refractivity contribution >= 4 is 17.5 Å². The Hall–Kier alpha value is -1.13. The van der Waals surface area contributed by atoms with Crippen LogP contribution in [0, 0.1) is 5.92 Å². The number of amides is 1. The van der Waals surface area contributed by atoms with E-state index in [9.17, 15) is 4.79 Å². The molecule has 0 aliphatic rings. The van der Waals surface area contributed by atoms with Crippen LogP contribution in [0.5, 0.6) is 0 Å². The number of hydrogen-bond acceptors (Lipinski definition) is 3. The van der Waals surface area contributed by atoms with E-state index < -0.39 is 0 Å². The molecular formula is C14H22ClN3O. The van der Waals surface area contributed by atoms with Gasteiger partial charge in [0, 0.05) is 12.6 Å². The number of likely N-dealkylation sites (N-methyl/N-ethyl adjacent to an activating group) is 1. The van der Waals surface area contributed by atoms with Gasteiger partial charge in [0.05, 0.1) is 0 Å². The van der Waals surface area contributed by atoms with E-state index in [2.05, 4.69) is 29.0 Å². The van der Waals surface area contributed by atoms with Gasteiger partial charge in [-0.3, -0.25) is 4.79 Å². The Balaban J connectivity index is 2.57. The first-order chi connectivity index (χ1) is 8.90. The van der Waals surface area contributed by atoms with Crippen molar-refractivity contribution in [1.82, 2.24) is 15.2 Å². The van der Waals surface area contributed by atoms with Gasteiger partial charge < -0.3 is 10.2 Å². The molecule has 19 heavy (non-hydrogen) atoms. The number of carbonyl (C=O) groups excluding carboxylic acids is 1. The smallest absolute Gasteiger partial charge is 0.269 e. The third-order valence-corrected chi connectivity index (χ3v) is 3.13. The van der Waals surface area contributed by atoms with Crippen molar-refractivity contribution in [3.63, 3.8) is 0 Å². The van der Waals surface area contributed by atoms with Crippen molar-refractivity contribution in [3.05, 3.63) is 29.0 Å². The fourth-order valence-electron chi connectivity index (χ4n) is 1.86. The van der Waals surface area contributed by atoms with Crippen LogP contribution in [0.3, 0.4) is 0 Å². The standard InChI is InChI=1S/C14H22ClN3O/c1-10(2)8-11(18(3)4)9-16-14(19)12-6-5-7-13(15)17-12/h5-7,10-11H,8-9H2,1-4H3,(H,16,19). The lowest BCUT2D eigenvalue weighted by Crippen LogP contribution is -2.41. The molecule has 1 unspecified atom stereocenters. The lowest BCUT2D eigenvalue weighted by atomic mass is 10.0. The lowest BCUT2D eigenvalue weighted by Gasteiger charge is -2.26. The molecule has 1 heterocycles. The Bertz CT molecular complexity index is 421. The molecule has 1 rings (SSSR count). The minimum absolute atomic E-state index is 0.182. The van der Waals surface area contributed by atoms with Crippen molar-refractivity contribution in [2.24, 2.45) is 5.92 Å². The average Bonchev–Trinajstić information content (AvgIpc) is 2.33. The summed E-state index contributed by atoms with van der Waals surface area (Å²) in [6.45, 7) is 4.96. The zero-order valence-electron chi connectivity index (χ0n) is 12.0. The third kappa shape index (κ3) is 5.57. The Kier molecular flexibility index (Phi) is 6.25. The number of pyridine rings is 1. The predicted octanol–water partition coefficient (Wildman–Crippen LogP) is 2.44. The maximum atomic E-state index is 12.0. The van der Waals surface area contributed by atoms with Gasteiger partial charge in [0.15, 0.2) is 0 Å². The summed E-state index contributed by atoms with van der Waals surface area (Å²) in [6, 6.07) is 5.36. The van der Waals surface area contributed by atoms with Gasteiger partial charge in [0.25, 0.3) is 5.91 Å². The molecule has 5 heteroatoms. The van der Waals surface area contributed by atoms with Crippen LogP contribution in [0.2, 0.25) is 5.15 Å². The van der Waals surface area contributed by atoms with Crippen molar-refractivity contribution in [1.29, 1.82) is 0 Å². The van der Waals surface area contributed by atoms with E-state index >= 15 is 0 Å². The van der Waals surface area contributed by atoms with E-state index in [1.165, 1.54) is 0 Å². The normalized spacial score (nSPS) is 12.8. The molecule has 0 radical (unpaired) electrons. The molecule has 1 aromatic heterocycles. The Morgan fingerprint density at radius 3 is 2.63 bits per heavy atom. The van der Waals surface area contributed by atoms with Gasteiger partial charge in [0.1, 0.15) is 10.8 Å². The van der Waals surface area contributed by atoms with Gasteiger partial charge in [-0.25, -0.2) is 4.98 Å². The summed E-state index contributed by atoms with van der Waals surface area (Å²) in [5, 5.41) is 3.24. The third-order valence-electron chi connectivity index (χ3n) is 2.92. The van der Waals surface area contributed by atoms with Crippen LogP contribution < -0.4 is 5.32 Å². The topological polar surface area (TPSA) is 45.2 Å². The summed E-state index contributed by atoms with van der Waals surface area (Å²) in [6.07, 6.45) is 1.04. The first-order valence-electron chi connectivity index (χ1n) is 6.47. The molecule has 0 aromatic carbocycles. The summed E-state index contributed by atoms with van der Waals surface area (Å²) < 4.78 is 0. The van der Waals surface area contributed by atoms with E-state index in [0.717, 1.165) is 6.42 Å². The number of nitrogens with zero attached hydrogens (tertiary/aromatic N) is 2. The van der Waals surface area contributed by atoms with Crippen LogP contribution in [-0.2, 0) is 0 Å². The average molecular weight is 284 g/mol. The van der Waals surface area contributed by atoms with E-state index in [0.29, 0.717) is 29.4 Å². The van der Waals surface area contributed by atoms with Crippen molar-refractivity contribution in [3.8, 4) is 0 Å². The maximum absolute atomic E-state index is 12.0. The molecule has 4 nitrogen and oxygen atoms in total. The lowest BCUT2D eigenvalue weighted by molar-refractivity contribution is 0.0933. The number of nitrogens with one attached hydrogen (secondary N) is 1. The van der Waals surface area contributed by atoms with E-state index in [4.69, 9.17) is 11.6 Å². The zero-order valence-corrected chi connectivity index (χ0v) is 12.7. The molecule has 1 N–H and O–H groups in total. The van der Waals surface area contributed by atoms with Crippen LogP contribution in [0.25, 0.3) is 0 Å². The molecule has 1 atom stereocenters. The van der Waals surface area contributed by atoms with Gasteiger partial charge in [-0.1, -0.05) is 31.5 Å². The van der Waals surface area contributed by atoms with E-state index in [1.807, 2.05) is 14.1 Å². The molecule has 0 saturated heterocycles. The molecule has 0 spiro atoms. The molecular weight excluding hydrogens is 262 g/mol. The molecule has 1 amide bonds. The van der Waals surface area contributed by atoms with Gasteiger partial charge >= 0.3 is 0 Å². The van der Waals surface area contributed by atoms with Crippen LogP contribution in [0.1, 0.15) is 30.8 Å². The molecule has 0 fully saturated rings. The van der Waals surface area contributed by atoms with Crippen molar-refractivity contribution in [2.75, 3.05) is 20.6 Å². The second-order valence-corrected chi connectivity index (χ2v) is 5.69. The number of rotatable bonds is 6. The highest BCUT2D eigenvalue weighted by molar-refractivity contribution is 6.29. The predicted molar refractivity (Wildman–Crippen MR) is 78.5 cm³/mol. The van der Waals surface area contributed by atoms with Crippen LogP contribution >= 0.6 is 11.6 Å². The second kappa shape index (κ2) is 7.46. The number of aromatic nitrogens is 1. The number of carbonyl (C=O) groups is 1. The van der Waals surface area contributed by atoms with E-state index in [1.54, 1.807) is 18.2 Å². The van der Waals surface area contributed by atoms with Gasteiger partial charge in [-0.2, -0.15) is 0 Å². The summed E-state index contributed by atoms with van der Waals surface area (Å²) in [4.78, 5) is 18.1. The first kappa shape index (κ1) is 15.9. The molecule has 0 aliphatic heterocycles. The van der Waals surface area contributed by atoms with Gasteiger partial charge in [-0.15, -0.1) is 0 Å². The summed E-state index contributed by atoms with van der Waals surface area (Å²) in [5.41, 5.74) is 0.356. The van der Waals surface area contributed by atoms with Crippen LogP contribution in [0.15, 0.2) is 18.2 Å². The molecule has 1 aromatic rings. The summed E-state index contributed by atoms with van der Waals surface area (Å²) >= 11 is 5.77. The van der Waals surface area contributed by atoms with E-state index in [-0.39, 0.29) is 5.91 Å². The minimum Gasteiger partial charge on any atom is -0.349 e. The summed E-state index contributed by atoms with van der Waals surface area (Å²) in [5.74, 6) is 0.409. The zero-order chi connectivity index (χ0) is 14.4. The molecule has 106 valence electrons.